The average Bonchev–Trinajstić information content (AvgIpc) is 3.34. The Morgan fingerprint density at radius 2 is 0.761 bits per heavy atom. The van der Waals surface area contributed by atoms with Crippen molar-refractivity contribution in [2.45, 2.75) is 19.3 Å². The third kappa shape index (κ3) is 5.12. The van der Waals surface area contributed by atoms with E-state index in [9.17, 15) is 0 Å². The summed E-state index contributed by atoms with van der Waals surface area (Å²) in [6.07, 6.45) is 0. The molecule has 46 heavy (non-hydrogen) atoms. The lowest BCUT2D eigenvalue weighted by Gasteiger charge is -2.22. The molecular weight excluding hydrogens is 557 g/mol. The van der Waals surface area contributed by atoms with Crippen LogP contribution in [0.25, 0.3) is 67.5 Å². The molecule has 0 radical (unpaired) electrons. The lowest BCUT2D eigenvalue weighted by atomic mass is 9.81. The molecular formula is C42H35BN3-. The summed E-state index contributed by atoms with van der Waals surface area (Å²) in [5.41, 5.74) is 13.0. The van der Waals surface area contributed by atoms with Gasteiger partial charge in [-0.15, -0.1) is 0 Å². The van der Waals surface area contributed by atoms with E-state index in [1.54, 1.807) is 0 Å². The van der Waals surface area contributed by atoms with Crippen LogP contribution in [0.4, 0.5) is 0 Å². The summed E-state index contributed by atoms with van der Waals surface area (Å²) in [7, 11) is 0. The smallest absolute Gasteiger partial charge is 0.164 e. The van der Waals surface area contributed by atoms with E-state index in [4.69, 9.17) is 15.0 Å². The van der Waals surface area contributed by atoms with Gasteiger partial charge in [0.25, 0.3) is 0 Å². The van der Waals surface area contributed by atoms with E-state index in [1.165, 1.54) is 33.4 Å². The van der Waals surface area contributed by atoms with E-state index in [2.05, 4.69) is 105 Å². The van der Waals surface area contributed by atoms with Crippen LogP contribution in [0.1, 0.15) is 25.0 Å². The quantitative estimate of drug-likeness (QED) is 0.187. The largest absolute Gasteiger partial charge is 0.208 e. The Hall–Kier alpha value is -5.61. The third-order valence-electron chi connectivity index (χ3n) is 8.93. The van der Waals surface area contributed by atoms with Crippen LogP contribution in [0.2, 0.25) is 0 Å². The molecule has 0 amide bonds. The number of rotatable bonds is 5. The number of hydrogen-bond acceptors (Lipinski definition) is 3. The number of nitrogens with zero attached hydrogens (tertiary/aromatic N) is 3. The van der Waals surface area contributed by atoms with Crippen LogP contribution in [0.15, 0.2) is 152 Å². The minimum absolute atomic E-state index is 0. The SMILES string of the molecule is CC1(C)c2ccccc2-c2ccc(-c3cccc(-c4cccc(-c5nc(-c6ccccc6)nc(-c6ccccc6)n5)c4)c3)cc21.[BH4-]. The van der Waals surface area contributed by atoms with Crippen LogP contribution >= 0.6 is 0 Å². The van der Waals surface area contributed by atoms with Gasteiger partial charge in [0.1, 0.15) is 0 Å². The second-order valence-corrected chi connectivity index (χ2v) is 12.1. The molecule has 222 valence electrons. The van der Waals surface area contributed by atoms with Crippen molar-refractivity contribution in [1.29, 1.82) is 0 Å². The topological polar surface area (TPSA) is 38.7 Å². The molecule has 0 unspecified atom stereocenters. The molecule has 0 aliphatic heterocycles. The average molecular weight is 593 g/mol. The first-order valence-electron chi connectivity index (χ1n) is 15.4. The maximum Gasteiger partial charge on any atom is 0.164 e. The van der Waals surface area contributed by atoms with Crippen LogP contribution in [-0.4, -0.2) is 23.4 Å². The standard InChI is InChI=1S/C42H31N3.BH4/c1-42(2)37-22-10-9-21-35(37)36-24-23-33(27-38(36)42)31-18-11-17-30(25-31)32-19-12-20-34(26-32)41-44-39(28-13-5-3-6-14-28)43-40(45-41)29-15-7-4-8-16-29;/h3-27H,1-2H3;1H4/q;-1. The van der Waals surface area contributed by atoms with Crippen LogP contribution in [0.5, 0.6) is 0 Å². The van der Waals surface area contributed by atoms with E-state index in [0.29, 0.717) is 17.5 Å². The second kappa shape index (κ2) is 11.7. The van der Waals surface area contributed by atoms with E-state index >= 15 is 0 Å². The monoisotopic (exact) mass is 592 g/mol. The zero-order valence-corrected chi connectivity index (χ0v) is 25.3. The van der Waals surface area contributed by atoms with E-state index in [-0.39, 0.29) is 13.8 Å². The van der Waals surface area contributed by atoms with Crippen molar-refractivity contribution in [2.24, 2.45) is 0 Å². The van der Waals surface area contributed by atoms with Gasteiger partial charge in [-0.05, 0) is 62.7 Å². The minimum Gasteiger partial charge on any atom is -0.208 e. The van der Waals surface area contributed by atoms with Crippen LogP contribution in [0.3, 0.4) is 0 Å². The molecule has 1 aromatic heterocycles. The molecule has 0 fully saturated rings. The Labute approximate surface area is 272 Å². The van der Waals surface area contributed by atoms with Crippen molar-refractivity contribution in [2.75, 3.05) is 0 Å². The molecule has 8 rings (SSSR count). The van der Waals surface area contributed by atoms with Crippen molar-refractivity contribution in [1.82, 2.24) is 15.0 Å². The molecule has 4 heteroatoms. The molecule has 7 aromatic rings. The first-order valence-corrected chi connectivity index (χ1v) is 15.4. The Kier molecular flexibility index (Phi) is 7.42. The number of aromatic nitrogens is 3. The molecule has 1 aliphatic carbocycles. The summed E-state index contributed by atoms with van der Waals surface area (Å²) in [6.45, 7) is 4.66. The molecule has 1 aliphatic rings. The fourth-order valence-electron chi connectivity index (χ4n) is 6.54. The van der Waals surface area contributed by atoms with Gasteiger partial charge in [-0.25, -0.2) is 15.0 Å². The van der Waals surface area contributed by atoms with Gasteiger partial charge < -0.3 is 0 Å². The highest BCUT2D eigenvalue weighted by Crippen LogP contribution is 2.49. The minimum atomic E-state index is -0.0321. The summed E-state index contributed by atoms with van der Waals surface area (Å²) in [5, 5.41) is 0. The summed E-state index contributed by atoms with van der Waals surface area (Å²) in [4.78, 5) is 14.7. The van der Waals surface area contributed by atoms with Gasteiger partial charge in [0.05, 0.1) is 0 Å². The van der Waals surface area contributed by atoms with Crippen LogP contribution in [-0.2, 0) is 5.41 Å². The molecule has 0 saturated carbocycles. The Bertz CT molecular complexity index is 2130. The van der Waals surface area contributed by atoms with Crippen molar-refractivity contribution in [3.63, 3.8) is 0 Å². The maximum absolute atomic E-state index is 4.94. The summed E-state index contributed by atoms with van der Waals surface area (Å²) in [5.74, 6) is 1.98. The van der Waals surface area contributed by atoms with E-state index < -0.39 is 0 Å². The second-order valence-electron chi connectivity index (χ2n) is 12.1. The molecule has 1 heterocycles. The summed E-state index contributed by atoms with van der Waals surface area (Å²) in [6, 6.07) is 53.2. The summed E-state index contributed by atoms with van der Waals surface area (Å²) < 4.78 is 0. The van der Waals surface area contributed by atoms with Crippen molar-refractivity contribution in [3.8, 4) is 67.5 Å². The maximum atomic E-state index is 4.94. The third-order valence-corrected chi connectivity index (χ3v) is 8.93. The number of hydrogen-bond donors (Lipinski definition) is 0. The van der Waals surface area contributed by atoms with Gasteiger partial charge >= 0.3 is 0 Å². The molecule has 0 N–H and O–H groups in total. The van der Waals surface area contributed by atoms with Gasteiger partial charge in [-0.1, -0.05) is 156 Å². The zero-order valence-electron chi connectivity index (χ0n) is 25.3. The predicted octanol–water partition coefficient (Wildman–Crippen LogP) is 9.06. The van der Waals surface area contributed by atoms with Crippen molar-refractivity contribution in [3.05, 3.63) is 163 Å². The van der Waals surface area contributed by atoms with Crippen molar-refractivity contribution < 1.29 is 0 Å². The fourth-order valence-corrected chi connectivity index (χ4v) is 6.54. The normalized spacial score (nSPS) is 12.6. The lowest BCUT2D eigenvalue weighted by molar-refractivity contribution is 0.660. The zero-order chi connectivity index (χ0) is 30.4. The van der Waals surface area contributed by atoms with Gasteiger partial charge in [0.2, 0.25) is 0 Å². The lowest BCUT2D eigenvalue weighted by Crippen LogP contribution is -2.14. The van der Waals surface area contributed by atoms with Crippen LogP contribution < -0.4 is 0 Å². The summed E-state index contributed by atoms with van der Waals surface area (Å²) >= 11 is 0. The Morgan fingerprint density at radius 1 is 0.348 bits per heavy atom. The Morgan fingerprint density at radius 3 is 1.35 bits per heavy atom. The van der Waals surface area contributed by atoms with E-state index in [1.807, 2.05) is 60.7 Å². The van der Waals surface area contributed by atoms with Crippen molar-refractivity contribution >= 4 is 8.41 Å². The highest BCUT2D eigenvalue weighted by Gasteiger charge is 2.35. The first kappa shape index (κ1) is 29.1. The van der Waals surface area contributed by atoms with Gasteiger partial charge in [0.15, 0.2) is 17.5 Å². The molecule has 0 bridgehead atoms. The fraction of sp³-hybridized carbons (Fsp3) is 0.0714. The highest BCUT2D eigenvalue weighted by atomic mass is 15.0. The molecule has 0 saturated heterocycles. The number of benzene rings is 6. The first-order chi connectivity index (χ1) is 22.0. The molecule has 0 atom stereocenters. The van der Waals surface area contributed by atoms with Gasteiger partial charge in [-0.2, -0.15) is 0 Å². The highest BCUT2D eigenvalue weighted by molar-refractivity contribution is 5.84. The molecule has 0 spiro atoms. The molecule has 6 aromatic carbocycles. The molecule has 3 nitrogen and oxygen atoms in total. The van der Waals surface area contributed by atoms with Crippen LogP contribution in [0, 0.1) is 0 Å². The number of fused-ring (bicyclic) bond motifs is 3. The Balaban J connectivity index is 0.00000338. The van der Waals surface area contributed by atoms with Gasteiger partial charge in [-0.3, -0.25) is 0 Å². The van der Waals surface area contributed by atoms with Gasteiger partial charge in [0, 0.05) is 22.1 Å². The van der Waals surface area contributed by atoms with E-state index in [0.717, 1.165) is 27.8 Å². The predicted molar refractivity (Wildman–Crippen MR) is 196 cm³/mol.